The van der Waals surface area contributed by atoms with Gasteiger partial charge in [-0.25, -0.2) is 0 Å². The van der Waals surface area contributed by atoms with Crippen LogP contribution < -0.4 is 0 Å². The van der Waals surface area contributed by atoms with Crippen LogP contribution in [0.2, 0.25) is 0 Å². The topological polar surface area (TPSA) is 95.0 Å². The third kappa shape index (κ3) is 3.40. The maximum absolute atomic E-state index is 12.0. The van der Waals surface area contributed by atoms with Gasteiger partial charge in [-0.3, -0.25) is 29.0 Å². The van der Waals surface area contributed by atoms with Crippen molar-refractivity contribution < 1.29 is 24.3 Å². The Kier molecular flexibility index (Phi) is 4.47. The number of amides is 4. The number of nitrogens with zero attached hydrogens (tertiary/aromatic N) is 2. The molecule has 0 radical (unpaired) electrons. The Labute approximate surface area is 156 Å². The maximum Gasteiger partial charge on any atom is 0.253 e. The van der Waals surface area contributed by atoms with E-state index in [-0.39, 0.29) is 24.3 Å². The van der Waals surface area contributed by atoms with Crippen LogP contribution in [0.4, 0.5) is 0 Å². The zero-order valence-corrected chi connectivity index (χ0v) is 15.4. The van der Waals surface area contributed by atoms with Gasteiger partial charge in [-0.1, -0.05) is 26.8 Å². The van der Waals surface area contributed by atoms with E-state index < -0.39 is 23.6 Å². The minimum Gasteiger partial charge on any atom is -0.508 e. The van der Waals surface area contributed by atoms with Gasteiger partial charge in [0.25, 0.3) is 23.6 Å². The van der Waals surface area contributed by atoms with Crippen LogP contribution in [0.3, 0.4) is 0 Å². The SMILES string of the molecule is CC(C)(C)c1ccc(O)c(CN2C(=O)C=CC2=O)c1CN1C(=O)C=CC1=O. The first kappa shape index (κ1) is 18.6. The van der Waals surface area contributed by atoms with Crippen molar-refractivity contribution in [3.05, 3.63) is 53.1 Å². The first-order chi connectivity index (χ1) is 12.6. The summed E-state index contributed by atoms with van der Waals surface area (Å²) in [5, 5.41) is 10.4. The fraction of sp³-hybridized carbons (Fsp3) is 0.300. The number of carbonyl (C=O) groups excluding carboxylic acids is 4. The van der Waals surface area contributed by atoms with Crippen molar-refractivity contribution in [3.8, 4) is 5.75 Å². The van der Waals surface area contributed by atoms with Gasteiger partial charge in [0.2, 0.25) is 0 Å². The summed E-state index contributed by atoms with van der Waals surface area (Å²) in [6.07, 6.45) is 4.73. The molecule has 1 N–H and O–H groups in total. The number of phenols is 1. The summed E-state index contributed by atoms with van der Waals surface area (Å²) in [7, 11) is 0. The molecule has 0 aromatic heterocycles. The van der Waals surface area contributed by atoms with E-state index >= 15 is 0 Å². The van der Waals surface area contributed by atoms with Crippen molar-refractivity contribution in [1.82, 2.24) is 9.80 Å². The standard InChI is InChI=1S/C20H20N2O5/c1-20(2,3)14-4-5-15(23)13(11-22-18(26)8-9-19(22)27)12(14)10-21-16(24)6-7-17(21)25/h4-9,23H,10-11H2,1-3H3. The lowest BCUT2D eigenvalue weighted by Crippen LogP contribution is -2.33. The molecule has 2 aliphatic rings. The van der Waals surface area contributed by atoms with Crippen molar-refractivity contribution in [1.29, 1.82) is 0 Å². The number of rotatable bonds is 4. The second-order valence-electron chi connectivity index (χ2n) is 7.53. The molecule has 0 spiro atoms. The monoisotopic (exact) mass is 368 g/mol. The van der Waals surface area contributed by atoms with Crippen molar-refractivity contribution in [3.63, 3.8) is 0 Å². The first-order valence-electron chi connectivity index (χ1n) is 8.51. The highest BCUT2D eigenvalue weighted by atomic mass is 16.3. The molecule has 0 atom stereocenters. The third-order valence-electron chi connectivity index (χ3n) is 4.65. The minimum atomic E-state index is -0.471. The molecule has 0 aliphatic carbocycles. The zero-order valence-electron chi connectivity index (χ0n) is 15.4. The van der Waals surface area contributed by atoms with Crippen LogP contribution in [0.1, 0.15) is 37.5 Å². The Bertz CT molecular complexity index is 885. The normalized spacial score (nSPS) is 17.0. The van der Waals surface area contributed by atoms with Gasteiger partial charge in [0.1, 0.15) is 5.75 Å². The number of benzene rings is 1. The lowest BCUT2D eigenvalue weighted by atomic mass is 9.81. The molecule has 3 rings (SSSR count). The third-order valence-corrected chi connectivity index (χ3v) is 4.65. The molecule has 0 saturated heterocycles. The van der Waals surface area contributed by atoms with E-state index in [1.165, 1.54) is 30.4 Å². The van der Waals surface area contributed by atoms with Crippen LogP contribution in [0.25, 0.3) is 0 Å². The summed E-state index contributed by atoms with van der Waals surface area (Å²) in [4.78, 5) is 50.0. The van der Waals surface area contributed by atoms with Gasteiger partial charge in [-0.15, -0.1) is 0 Å². The van der Waals surface area contributed by atoms with Crippen LogP contribution in [-0.2, 0) is 37.7 Å². The second-order valence-corrected chi connectivity index (χ2v) is 7.53. The molecule has 140 valence electrons. The lowest BCUT2D eigenvalue weighted by Gasteiger charge is -2.28. The van der Waals surface area contributed by atoms with Crippen LogP contribution >= 0.6 is 0 Å². The Hall–Kier alpha value is -3.22. The van der Waals surface area contributed by atoms with Crippen LogP contribution in [0.5, 0.6) is 5.75 Å². The van der Waals surface area contributed by atoms with Crippen LogP contribution in [0.15, 0.2) is 36.4 Å². The molecule has 1 aromatic carbocycles. The number of imide groups is 2. The number of hydrogen-bond acceptors (Lipinski definition) is 5. The zero-order chi connectivity index (χ0) is 19.9. The summed E-state index contributed by atoms with van der Waals surface area (Å²) >= 11 is 0. The Morgan fingerprint density at radius 2 is 1.15 bits per heavy atom. The number of phenolic OH excluding ortho intramolecular Hbond substituents is 1. The maximum atomic E-state index is 12.0. The molecule has 2 heterocycles. The number of aromatic hydroxyl groups is 1. The molecule has 27 heavy (non-hydrogen) atoms. The molecular formula is C20H20N2O5. The highest BCUT2D eigenvalue weighted by molar-refractivity contribution is 6.13. The molecule has 7 nitrogen and oxygen atoms in total. The summed E-state index contributed by atoms with van der Waals surface area (Å²) in [6, 6.07) is 3.24. The Morgan fingerprint density at radius 1 is 0.741 bits per heavy atom. The first-order valence-corrected chi connectivity index (χ1v) is 8.51. The van der Waals surface area contributed by atoms with Gasteiger partial charge in [0, 0.05) is 29.9 Å². The van der Waals surface area contributed by atoms with Gasteiger partial charge in [-0.2, -0.15) is 0 Å². The highest BCUT2D eigenvalue weighted by Gasteiger charge is 2.31. The quantitative estimate of drug-likeness (QED) is 0.814. The molecule has 0 fully saturated rings. The van der Waals surface area contributed by atoms with Crippen molar-refractivity contribution in [2.24, 2.45) is 0 Å². The smallest absolute Gasteiger partial charge is 0.253 e. The van der Waals surface area contributed by atoms with E-state index in [0.717, 1.165) is 15.4 Å². The van der Waals surface area contributed by atoms with E-state index in [9.17, 15) is 24.3 Å². The van der Waals surface area contributed by atoms with E-state index in [0.29, 0.717) is 11.1 Å². The molecule has 7 heteroatoms. The number of carbonyl (C=O) groups is 4. The van der Waals surface area contributed by atoms with Gasteiger partial charge in [-0.05, 0) is 22.6 Å². The van der Waals surface area contributed by atoms with Gasteiger partial charge < -0.3 is 5.11 Å². The van der Waals surface area contributed by atoms with Gasteiger partial charge in [0.05, 0.1) is 13.1 Å². The average Bonchev–Trinajstić information content (AvgIpc) is 3.06. The van der Waals surface area contributed by atoms with E-state index in [1.807, 2.05) is 20.8 Å². The largest absolute Gasteiger partial charge is 0.508 e. The molecule has 0 unspecified atom stereocenters. The van der Waals surface area contributed by atoms with Gasteiger partial charge in [0.15, 0.2) is 0 Å². The summed E-state index contributed by atoms with van der Waals surface area (Å²) in [5.74, 6) is -1.92. The average molecular weight is 368 g/mol. The molecule has 1 aromatic rings. The minimum absolute atomic E-state index is 0.0509. The fourth-order valence-electron chi connectivity index (χ4n) is 3.23. The summed E-state index contributed by atoms with van der Waals surface area (Å²) in [6.45, 7) is 5.70. The highest BCUT2D eigenvalue weighted by Crippen LogP contribution is 2.35. The molecule has 4 amide bonds. The Morgan fingerprint density at radius 3 is 1.56 bits per heavy atom. The van der Waals surface area contributed by atoms with Crippen molar-refractivity contribution in [2.45, 2.75) is 39.3 Å². The molecule has 0 bridgehead atoms. The fourth-order valence-corrected chi connectivity index (χ4v) is 3.23. The number of hydrogen-bond donors (Lipinski definition) is 1. The second kappa shape index (κ2) is 6.50. The molecule has 2 aliphatic heterocycles. The summed E-state index contributed by atoms with van der Waals surface area (Å²) in [5.41, 5.74) is 1.37. The van der Waals surface area contributed by atoms with Crippen LogP contribution in [-0.4, -0.2) is 38.5 Å². The lowest BCUT2D eigenvalue weighted by molar-refractivity contribution is -0.139. The Balaban J connectivity index is 2.08. The molecule has 0 saturated carbocycles. The molecular weight excluding hydrogens is 348 g/mol. The predicted octanol–water partition coefficient (Wildman–Crippen LogP) is 1.54. The summed E-state index contributed by atoms with van der Waals surface area (Å²) < 4.78 is 0. The van der Waals surface area contributed by atoms with E-state index in [1.54, 1.807) is 6.07 Å². The van der Waals surface area contributed by atoms with E-state index in [4.69, 9.17) is 0 Å². The van der Waals surface area contributed by atoms with E-state index in [2.05, 4.69) is 0 Å². The van der Waals surface area contributed by atoms with Crippen LogP contribution in [0, 0.1) is 0 Å². The van der Waals surface area contributed by atoms with Crippen molar-refractivity contribution >= 4 is 23.6 Å². The van der Waals surface area contributed by atoms with Crippen molar-refractivity contribution in [2.75, 3.05) is 0 Å². The predicted molar refractivity (Wildman–Crippen MR) is 96.2 cm³/mol. The van der Waals surface area contributed by atoms with Gasteiger partial charge >= 0.3 is 0 Å².